The van der Waals surface area contributed by atoms with Crippen LogP contribution in [0.5, 0.6) is 5.75 Å². The highest BCUT2D eigenvalue weighted by Crippen LogP contribution is 2.21. The number of anilines is 1. The normalized spacial score (nSPS) is 11.6. The molecule has 0 bridgehead atoms. The fourth-order valence-corrected chi connectivity index (χ4v) is 2.11. The number of phenols is 1. The molecule has 120 valence electrons. The number of rotatable bonds is 4. The Hall–Kier alpha value is -2.24. The lowest BCUT2D eigenvalue weighted by molar-refractivity contribution is -0.117. The van der Waals surface area contributed by atoms with Gasteiger partial charge in [0.25, 0.3) is 5.91 Å². The number of carbonyl (C=O) groups is 2. The van der Waals surface area contributed by atoms with Gasteiger partial charge in [0.1, 0.15) is 11.8 Å². The maximum absolute atomic E-state index is 12.1. The number of halogens is 2. The molecule has 7 heteroatoms. The van der Waals surface area contributed by atoms with E-state index in [1.807, 2.05) is 0 Å². The first kappa shape index (κ1) is 17.1. The van der Waals surface area contributed by atoms with Crippen LogP contribution in [0.3, 0.4) is 0 Å². The third-order valence-corrected chi connectivity index (χ3v) is 3.54. The summed E-state index contributed by atoms with van der Waals surface area (Å²) in [6, 6.07) is 9.92. The molecule has 0 radical (unpaired) electrons. The summed E-state index contributed by atoms with van der Waals surface area (Å²) in [6.07, 6.45) is 0. The lowest BCUT2D eigenvalue weighted by atomic mass is 10.1. The second-order valence-electron chi connectivity index (χ2n) is 4.85. The minimum absolute atomic E-state index is 0.0422. The van der Waals surface area contributed by atoms with Crippen molar-refractivity contribution in [2.75, 3.05) is 5.32 Å². The van der Waals surface area contributed by atoms with Gasteiger partial charge < -0.3 is 15.7 Å². The van der Waals surface area contributed by atoms with Crippen LogP contribution in [-0.2, 0) is 4.79 Å². The number of hydrogen-bond acceptors (Lipinski definition) is 3. The zero-order chi connectivity index (χ0) is 17.0. The van der Waals surface area contributed by atoms with Gasteiger partial charge in [0.05, 0.1) is 5.56 Å². The van der Waals surface area contributed by atoms with Crippen LogP contribution >= 0.6 is 23.2 Å². The van der Waals surface area contributed by atoms with Crippen LogP contribution in [0.25, 0.3) is 0 Å². The molecule has 0 saturated carbocycles. The van der Waals surface area contributed by atoms with Crippen molar-refractivity contribution in [3.8, 4) is 5.75 Å². The summed E-state index contributed by atoms with van der Waals surface area (Å²) in [6.45, 7) is 1.54. The lowest BCUT2D eigenvalue weighted by Crippen LogP contribution is -2.41. The minimum atomic E-state index is -0.798. The Balaban J connectivity index is 2.00. The average molecular weight is 353 g/mol. The van der Waals surface area contributed by atoms with Crippen molar-refractivity contribution in [2.45, 2.75) is 13.0 Å². The van der Waals surface area contributed by atoms with E-state index in [4.69, 9.17) is 23.2 Å². The monoisotopic (exact) mass is 352 g/mol. The summed E-state index contributed by atoms with van der Waals surface area (Å²) in [7, 11) is 0. The number of carbonyl (C=O) groups excluding carboxylic acids is 2. The Kier molecular flexibility index (Phi) is 5.47. The number of benzene rings is 2. The summed E-state index contributed by atoms with van der Waals surface area (Å²) in [5, 5.41) is 15.7. The molecule has 0 aliphatic carbocycles. The summed E-state index contributed by atoms with van der Waals surface area (Å²) in [5.41, 5.74) is 0.607. The fourth-order valence-electron chi connectivity index (χ4n) is 1.82. The molecule has 0 aromatic heterocycles. The SMILES string of the molecule is C[C@@H](NC(=O)c1ccc(Cl)cc1O)C(=O)Nc1ccc(Cl)cc1. The van der Waals surface area contributed by atoms with E-state index in [-0.39, 0.29) is 11.3 Å². The minimum Gasteiger partial charge on any atom is -0.507 e. The van der Waals surface area contributed by atoms with Gasteiger partial charge >= 0.3 is 0 Å². The van der Waals surface area contributed by atoms with Crippen molar-refractivity contribution in [3.63, 3.8) is 0 Å². The van der Waals surface area contributed by atoms with Crippen LogP contribution < -0.4 is 10.6 Å². The Morgan fingerprint density at radius 3 is 2.26 bits per heavy atom. The highest BCUT2D eigenvalue weighted by Gasteiger charge is 2.18. The number of amides is 2. The Bertz CT molecular complexity index is 733. The third kappa shape index (κ3) is 4.61. The number of nitrogens with one attached hydrogen (secondary N) is 2. The van der Waals surface area contributed by atoms with Crippen LogP contribution in [0.2, 0.25) is 10.0 Å². The standard InChI is InChI=1S/C16H14Cl2N2O3/c1-9(15(22)20-12-5-2-10(17)3-6-12)19-16(23)13-7-4-11(18)8-14(13)21/h2-9,21H,1H3,(H,19,23)(H,20,22)/t9-/m1/s1. The van der Waals surface area contributed by atoms with Gasteiger partial charge in [0.15, 0.2) is 0 Å². The summed E-state index contributed by atoms with van der Waals surface area (Å²) < 4.78 is 0. The Morgan fingerprint density at radius 1 is 1.04 bits per heavy atom. The van der Waals surface area contributed by atoms with Gasteiger partial charge in [-0.2, -0.15) is 0 Å². The highest BCUT2D eigenvalue weighted by atomic mass is 35.5. The van der Waals surface area contributed by atoms with E-state index < -0.39 is 17.9 Å². The molecule has 0 unspecified atom stereocenters. The van der Waals surface area contributed by atoms with Crippen molar-refractivity contribution in [3.05, 3.63) is 58.1 Å². The topological polar surface area (TPSA) is 78.4 Å². The summed E-state index contributed by atoms with van der Waals surface area (Å²) >= 11 is 11.5. The fraction of sp³-hybridized carbons (Fsp3) is 0.125. The van der Waals surface area contributed by atoms with E-state index in [1.54, 1.807) is 24.3 Å². The van der Waals surface area contributed by atoms with Crippen molar-refractivity contribution < 1.29 is 14.7 Å². The van der Waals surface area contributed by atoms with E-state index in [1.165, 1.54) is 25.1 Å². The van der Waals surface area contributed by atoms with Gasteiger partial charge in [-0.25, -0.2) is 0 Å². The van der Waals surface area contributed by atoms with Crippen LogP contribution in [0.15, 0.2) is 42.5 Å². The van der Waals surface area contributed by atoms with Gasteiger partial charge in [-0.15, -0.1) is 0 Å². The first-order chi connectivity index (χ1) is 10.9. The molecule has 0 heterocycles. The molecular weight excluding hydrogens is 339 g/mol. The predicted molar refractivity (Wildman–Crippen MR) is 90.1 cm³/mol. The highest BCUT2D eigenvalue weighted by molar-refractivity contribution is 6.31. The maximum atomic E-state index is 12.1. The molecule has 2 rings (SSSR count). The van der Waals surface area contributed by atoms with Crippen molar-refractivity contribution in [1.29, 1.82) is 0 Å². The molecule has 5 nitrogen and oxygen atoms in total. The average Bonchev–Trinajstić information content (AvgIpc) is 2.49. The Morgan fingerprint density at radius 2 is 1.65 bits per heavy atom. The first-order valence-corrected chi connectivity index (χ1v) is 7.48. The van der Waals surface area contributed by atoms with E-state index >= 15 is 0 Å². The molecule has 2 aromatic carbocycles. The van der Waals surface area contributed by atoms with E-state index in [0.29, 0.717) is 15.7 Å². The summed E-state index contributed by atoms with van der Waals surface area (Å²) in [5.74, 6) is -1.22. The zero-order valence-corrected chi connectivity index (χ0v) is 13.7. The van der Waals surface area contributed by atoms with Gasteiger partial charge in [-0.3, -0.25) is 9.59 Å². The molecule has 2 amide bonds. The maximum Gasteiger partial charge on any atom is 0.255 e. The molecule has 0 fully saturated rings. The third-order valence-electron chi connectivity index (χ3n) is 3.06. The zero-order valence-electron chi connectivity index (χ0n) is 12.1. The number of hydrogen-bond donors (Lipinski definition) is 3. The second-order valence-corrected chi connectivity index (χ2v) is 5.73. The molecule has 0 saturated heterocycles. The smallest absolute Gasteiger partial charge is 0.255 e. The molecular formula is C16H14Cl2N2O3. The first-order valence-electron chi connectivity index (χ1n) is 6.72. The van der Waals surface area contributed by atoms with E-state index in [2.05, 4.69) is 10.6 Å². The van der Waals surface area contributed by atoms with E-state index in [9.17, 15) is 14.7 Å². The van der Waals surface area contributed by atoms with Crippen LogP contribution in [0.1, 0.15) is 17.3 Å². The molecule has 2 aromatic rings. The van der Waals surface area contributed by atoms with Crippen molar-refractivity contribution >= 4 is 40.7 Å². The summed E-state index contributed by atoms with van der Waals surface area (Å²) in [4.78, 5) is 24.1. The quantitative estimate of drug-likeness (QED) is 0.788. The molecule has 3 N–H and O–H groups in total. The number of aromatic hydroxyl groups is 1. The largest absolute Gasteiger partial charge is 0.507 e. The van der Waals surface area contributed by atoms with Gasteiger partial charge in [-0.05, 0) is 49.4 Å². The number of phenolic OH excluding ortho intramolecular Hbond substituents is 1. The van der Waals surface area contributed by atoms with Crippen molar-refractivity contribution in [1.82, 2.24) is 5.32 Å². The van der Waals surface area contributed by atoms with Crippen LogP contribution in [0, 0.1) is 0 Å². The van der Waals surface area contributed by atoms with Gasteiger partial charge in [0.2, 0.25) is 5.91 Å². The van der Waals surface area contributed by atoms with Crippen LogP contribution in [-0.4, -0.2) is 23.0 Å². The molecule has 23 heavy (non-hydrogen) atoms. The van der Waals surface area contributed by atoms with Crippen molar-refractivity contribution in [2.24, 2.45) is 0 Å². The van der Waals surface area contributed by atoms with Gasteiger partial charge in [0, 0.05) is 15.7 Å². The van der Waals surface area contributed by atoms with Crippen LogP contribution in [0.4, 0.5) is 5.69 Å². The van der Waals surface area contributed by atoms with Gasteiger partial charge in [-0.1, -0.05) is 23.2 Å². The second kappa shape index (κ2) is 7.35. The lowest BCUT2D eigenvalue weighted by Gasteiger charge is -2.15. The predicted octanol–water partition coefficient (Wildman–Crippen LogP) is 3.46. The molecule has 0 aliphatic rings. The molecule has 0 aliphatic heterocycles. The molecule has 1 atom stereocenters. The van der Waals surface area contributed by atoms with E-state index in [0.717, 1.165) is 0 Å². The molecule has 0 spiro atoms. The Labute approximate surface area is 143 Å².